The van der Waals surface area contributed by atoms with Gasteiger partial charge in [0, 0.05) is 0 Å². The summed E-state index contributed by atoms with van der Waals surface area (Å²) in [6, 6.07) is 8.07. The van der Waals surface area contributed by atoms with Gasteiger partial charge in [-0.05, 0) is 36.1 Å². The first-order chi connectivity index (χ1) is 12.4. The van der Waals surface area contributed by atoms with Crippen LogP contribution in [0.4, 0.5) is 0 Å². The van der Waals surface area contributed by atoms with Crippen molar-refractivity contribution in [2.24, 2.45) is 0 Å². The molecule has 1 atom stereocenters. The number of amides is 2. The van der Waals surface area contributed by atoms with E-state index in [2.05, 4.69) is 10.6 Å². The van der Waals surface area contributed by atoms with Crippen LogP contribution in [0.5, 0.6) is 0 Å². The highest BCUT2D eigenvalue weighted by Crippen LogP contribution is 2.25. The summed E-state index contributed by atoms with van der Waals surface area (Å²) in [6.45, 7) is 1.01. The minimum absolute atomic E-state index is 0.313. The third-order valence-electron chi connectivity index (χ3n) is 3.32. The van der Waals surface area contributed by atoms with Crippen molar-refractivity contribution in [1.29, 1.82) is 0 Å². The van der Waals surface area contributed by atoms with Crippen molar-refractivity contribution in [2.75, 3.05) is 13.2 Å². The van der Waals surface area contributed by atoms with E-state index in [1.807, 2.05) is 0 Å². The van der Waals surface area contributed by atoms with Crippen LogP contribution in [0.15, 0.2) is 35.7 Å². The molecule has 2 aromatic rings. The van der Waals surface area contributed by atoms with Crippen LogP contribution in [0, 0.1) is 0 Å². The molecule has 1 aromatic carbocycles. The Hall–Kier alpha value is -2.09. The lowest BCUT2D eigenvalue weighted by molar-refractivity contribution is -0.147. The molecule has 1 heterocycles. The number of nitrogens with one attached hydrogen (secondary N) is 2. The Labute approximate surface area is 164 Å². The molecular formula is C17H16Cl2N2O4S. The number of hydrogen-bond acceptors (Lipinski definition) is 5. The maximum atomic E-state index is 11.9. The zero-order valence-corrected chi connectivity index (χ0v) is 16.1. The van der Waals surface area contributed by atoms with Gasteiger partial charge in [0.05, 0.1) is 21.0 Å². The summed E-state index contributed by atoms with van der Waals surface area (Å²) in [5.41, 5.74) is 0.766. The highest BCUT2D eigenvalue weighted by atomic mass is 35.5. The summed E-state index contributed by atoms with van der Waals surface area (Å²) >= 11 is 13.1. The van der Waals surface area contributed by atoms with Gasteiger partial charge in [-0.25, -0.2) is 0 Å². The van der Waals surface area contributed by atoms with E-state index in [0.717, 1.165) is 5.56 Å². The Morgan fingerprint density at radius 3 is 2.62 bits per heavy atom. The van der Waals surface area contributed by atoms with E-state index >= 15 is 0 Å². The van der Waals surface area contributed by atoms with E-state index in [4.69, 9.17) is 27.9 Å². The SMILES string of the molecule is C[C@@H](NC(=O)COC(=O)CNC(=O)c1cccs1)c1ccc(Cl)c(Cl)c1. The molecule has 9 heteroatoms. The number of thiophene rings is 1. The molecule has 0 saturated carbocycles. The van der Waals surface area contributed by atoms with Gasteiger partial charge in [-0.15, -0.1) is 11.3 Å². The first-order valence-corrected chi connectivity index (χ1v) is 9.22. The highest BCUT2D eigenvalue weighted by molar-refractivity contribution is 7.12. The zero-order chi connectivity index (χ0) is 19.1. The van der Waals surface area contributed by atoms with Crippen LogP contribution in [0.1, 0.15) is 28.2 Å². The van der Waals surface area contributed by atoms with E-state index in [1.54, 1.807) is 42.6 Å². The molecule has 0 aliphatic heterocycles. The molecule has 2 rings (SSSR count). The van der Waals surface area contributed by atoms with Gasteiger partial charge in [0.25, 0.3) is 11.8 Å². The van der Waals surface area contributed by atoms with Crippen molar-refractivity contribution in [2.45, 2.75) is 13.0 Å². The zero-order valence-electron chi connectivity index (χ0n) is 13.8. The van der Waals surface area contributed by atoms with Crippen molar-refractivity contribution in [3.8, 4) is 0 Å². The standard InChI is InChI=1S/C17H16Cl2N2O4S/c1-10(11-4-5-12(18)13(19)7-11)21-15(22)9-25-16(23)8-20-17(24)14-3-2-6-26-14/h2-7,10H,8-9H2,1H3,(H,20,24)(H,21,22)/t10-/m1/s1. The first-order valence-electron chi connectivity index (χ1n) is 7.58. The normalized spacial score (nSPS) is 11.5. The molecule has 0 saturated heterocycles. The first kappa shape index (κ1) is 20.2. The fourth-order valence-corrected chi connectivity index (χ4v) is 2.94. The van der Waals surface area contributed by atoms with Gasteiger partial charge >= 0.3 is 5.97 Å². The molecule has 0 unspecified atom stereocenters. The number of hydrogen-bond donors (Lipinski definition) is 2. The summed E-state index contributed by atoms with van der Waals surface area (Å²) < 4.78 is 4.84. The summed E-state index contributed by atoms with van der Waals surface area (Å²) in [7, 11) is 0. The van der Waals surface area contributed by atoms with Crippen molar-refractivity contribution in [1.82, 2.24) is 10.6 Å². The molecule has 0 fully saturated rings. The topological polar surface area (TPSA) is 84.5 Å². The van der Waals surface area contributed by atoms with E-state index in [1.165, 1.54) is 11.3 Å². The number of carbonyl (C=O) groups is 3. The lowest BCUT2D eigenvalue weighted by Crippen LogP contribution is -2.34. The van der Waals surface area contributed by atoms with Crippen molar-refractivity contribution in [3.63, 3.8) is 0 Å². The second-order valence-corrected chi connectivity index (χ2v) is 7.05. The minimum atomic E-state index is -0.702. The van der Waals surface area contributed by atoms with E-state index in [9.17, 15) is 14.4 Å². The number of carbonyl (C=O) groups excluding carboxylic acids is 3. The number of esters is 1. The third kappa shape index (κ3) is 6.01. The van der Waals surface area contributed by atoms with Crippen molar-refractivity contribution >= 4 is 52.3 Å². The maximum Gasteiger partial charge on any atom is 0.325 e. The lowest BCUT2D eigenvalue weighted by atomic mass is 10.1. The van der Waals surface area contributed by atoms with Crippen molar-refractivity contribution in [3.05, 3.63) is 56.2 Å². The molecule has 1 aromatic heterocycles. The Kier molecular flexibility index (Phi) is 7.44. The van der Waals surface area contributed by atoms with Gasteiger partial charge in [0.2, 0.25) is 0 Å². The van der Waals surface area contributed by atoms with Crippen molar-refractivity contribution < 1.29 is 19.1 Å². The molecule has 0 aliphatic rings. The molecule has 0 bridgehead atoms. The summed E-state index contributed by atoms with van der Waals surface area (Å²) in [5, 5.41) is 7.67. The quantitative estimate of drug-likeness (QED) is 0.681. The summed E-state index contributed by atoms with van der Waals surface area (Å²) in [6.07, 6.45) is 0. The number of benzene rings is 1. The Bertz CT molecular complexity index is 796. The van der Waals surface area contributed by atoms with Crippen LogP contribution in [0.3, 0.4) is 0 Å². The number of halogens is 2. The van der Waals surface area contributed by atoms with Crippen LogP contribution in [0.2, 0.25) is 10.0 Å². The molecule has 6 nitrogen and oxygen atoms in total. The molecule has 0 radical (unpaired) electrons. The maximum absolute atomic E-state index is 11.9. The second kappa shape index (κ2) is 9.56. The van der Waals surface area contributed by atoms with Gasteiger partial charge in [0.1, 0.15) is 6.54 Å². The van der Waals surface area contributed by atoms with Crippen LogP contribution in [0.25, 0.3) is 0 Å². The second-order valence-electron chi connectivity index (χ2n) is 5.28. The molecule has 2 amide bonds. The molecule has 0 spiro atoms. The van der Waals surface area contributed by atoms with Gasteiger partial charge in [-0.3, -0.25) is 14.4 Å². The molecular weight excluding hydrogens is 399 g/mol. The third-order valence-corrected chi connectivity index (χ3v) is 4.93. The monoisotopic (exact) mass is 414 g/mol. The van der Waals surface area contributed by atoms with Crippen LogP contribution in [-0.2, 0) is 14.3 Å². The number of rotatable bonds is 7. The fraction of sp³-hybridized carbons (Fsp3) is 0.235. The fourth-order valence-electron chi connectivity index (χ4n) is 1.99. The van der Waals surface area contributed by atoms with Gasteiger partial charge in [0.15, 0.2) is 6.61 Å². The smallest absolute Gasteiger partial charge is 0.325 e. The lowest BCUT2D eigenvalue weighted by Gasteiger charge is -2.15. The largest absolute Gasteiger partial charge is 0.454 e. The molecule has 138 valence electrons. The number of ether oxygens (including phenoxy) is 1. The minimum Gasteiger partial charge on any atom is -0.454 e. The predicted octanol–water partition coefficient (Wildman–Crippen LogP) is 3.21. The highest BCUT2D eigenvalue weighted by Gasteiger charge is 2.14. The van der Waals surface area contributed by atoms with Gasteiger partial charge in [-0.2, -0.15) is 0 Å². The van der Waals surface area contributed by atoms with E-state index < -0.39 is 18.5 Å². The van der Waals surface area contributed by atoms with Gasteiger partial charge in [-0.1, -0.05) is 35.3 Å². The molecule has 2 N–H and O–H groups in total. The Morgan fingerprint density at radius 2 is 1.96 bits per heavy atom. The Balaban J connectivity index is 1.72. The van der Waals surface area contributed by atoms with Crippen LogP contribution in [-0.4, -0.2) is 30.9 Å². The Morgan fingerprint density at radius 1 is 1.19 bits per heavy atom. The summed E-state index contributed by atoms with van der Waals surface area (Å²) in [4.78, 5) is 35.7. The van der Waals surface area contributed by atoms with E-state index in [-0.39, 0.29) is 18.5 Å². The average molecular weight is 415 g/mol. The van der Waals surface area contributed by atoms with Gasteiger partial charge < -0.3 is 15.4 Å². The van der Waals surface area contributed by atoms with Crippen LogP contribution < -0.4 is 10.6 Å². The predicted molar refractivity (Wildman–Crippen MR) is 101 cm³/mol. The average Bonchev–Trinajstić information content (AvgIpc) is 3.14. The summed E-state index contributed by atoms with van der Waals surface area (Å²) in [5.74, 6) is -1.54. The van der Waals surface area contributed by atoms with E-state index in [0.29, 0.717) is 14.9 Å². The molecule has 26 heavy (non-hydrogen) atoms. The molecule has 0 aliphatic carbocycles. The van der Waals surface area contributed by atoms with Crippen LogP contribution >= 0.6 is 34.5 Å².